The van der Waals surface area contributed by atoms with Crippen LogP contribution in [-0.2, 0) is 0 Å². The van der Waals surface area contributed by atoms with Gasteiger partial charge in [0.2, 0.25) is 0 Å². The van der Waals surface area contributed by atoms with Crippen LogP contribution in [0.3, 0.4) is 0 Å². The van der Waals surface area contributed by atoms with E-state index in [1.165, 1.54) is 30.8 Å². The Bertz CT molecular complexity index is 112. The molecule has 1 fully saturated rings. The highest BCUT2D eigenvalue weighted by Crippen LogP contribution is 2.43. The lowest BCUT2D eigenvalue weighted by molar-refractivity contribution is 0.603. The summed E-state index contributed by atoms with van der Waals surface area (Å²) in [4.78, 5) is 0. The Morgan fingerprint density at radius 2 is 1.82 bits per heavy atom. The first kappa shape index (κ1) is 11.3. The molecular weight excluding hydrogens is 154 g/mol. The molecule has 0 aromatic rings. The van der Waals surface area contributed by atoms with Crippen molar-refractivity contribution in [3.05, 3.63) is 0 Å². The summed E-state index contributed by atoms with van der Waals surface area (Å²) >= 11 is 0. The van der Waals surface area contributed by atoms with Crippen LogP contribution in [0.1, 0.15) is 26.7 Å². The van der Waals surface area contributed by atoms with Gasteiger partial charge in [-0.05, 0) is 43.3 Å². The molecule has 0 aromatic heterocycles. The Labute approximate surface area is 73.1 Å². The second-order valence-corrected chi connectivity index (χ2v) is 8.22. The molecule has 1 aliphatic rings. The minimum atomic E-state index is -0.232. The van der Waals surface area contributed by atoms with Crippen molar-refractivity contribution in [2.45, 2.75) is 32.7 Å². The third-order valence-corrected chi connectivity index (χ3v) is 5.05. The van der Waals surface area contributed by atoms with Crippen LogP contribution in [0.2, 0.25) is 0 Å². The van der Waals surface area contributed by atoms with Gasteiger partial charge in [-0.1, -0.05) is 7.43 Å². The average Bonchev–Trinajstić information content (AvgIpc) is 1.94. The zero-order valence-electron chi connectivity index (χ0n) is 7.10. The minimum Gasteiger partial charge on any atom is -0.328 e. The molecule has 11 heavy (non-hydrogen) atoms. The summed E-state index contributed by atoms with van der Waals surface area (Å²) < 4.78 is 0. The van der Waals surface area contributed by atoms with E-state index in [2.05, 4.69) is 12.5 Å². The fourth-order valence-electron chi connectivity index (χ4n) is 1.45. The van der Waals surface area contributed by atoms with Crippen LogP contribution in [0, 0.1) is 0 Å². The van der Waals surface area contributed by atoms with Gasteiger partial charge in [-0.15, -0.1) is 0 Å². The molecule has 2 N–H and O–H groups in total. The molecule has 2 heteroatoms. The van der Waals surface area contributed by atoms with E-state index in [4.69, 9.17) is 5.73 Å². The molecule has 1 nitrogen and oxygen atoms in total. The molecule has 0 aromatic carbocycles. The highest BCUT2D eigenvalue weighted by Gasteiger charge is 2.17. The zero-order chi connectivity index (χ0) is 7.61. The first-order valence-corrected chi connectivity index (χ1v) is 6.83. The quantitative estimate of drug-likeness (QED) is 0.603. The van der Waals surface area contributed by atoms with Gasteiger partial charge >= 0.3 is 0 Å². The van der Waals surface area contributed by atoms with Crippen LogP contribution in [0.5, 0.6) is 0 Å². The van der Waals surface area contributed by atoms with Gasteiger partial charge in [-0.2, -0.15) is 0 Å². The van der Waals surface area contributed by atoms with Gasteiger partial charge in [0.05, 0.1) is 0 Å². The number of rotatable bonds is 0. The third kappa shape index (κ3) is 4.02. The molecule has 1 saturated heterocycles. The Balaban J connectivity index is 0.000001000. The van der Waals surface area contributed by atoms with Crippen molar-refractivity contribution in [2.24, 2.45) is 5.73 Å². The summed E-state index contributed by atoms with van der Waals surface area (Å²) in [6, 6.07) is 0.509. The van der Waals surface area contributed by atoms with E-state index in [0.29, 0.717) is 6.04 Å². The van der Waals surface area contributed by atoms with Crippen LogP contribution in [0.4, 0.5) is 0 Å². The monoisotopic (exact) mass is 177 g/mol. The molecule has 0 aliphatic carbocycles. The maximum atomic E-state index is 5.87. The molecule has 1 heterocycles. The lowest BCUT2D eigenvalue weighted by Gasteiger charge is -2.28. The normalized spacial score (nSPS) is 33.2. The predicted octanol–water partition coefficient (Wildman–Crippen LogP) is 2.20. The van der Waals surface area contributed by atoms with E-state index in [-0.39, 0.29) is 17.5 Å². The maximum absolute atomic E-state index is 5.87. The fraction of sp³-hybridized carbons (Fsp3) is 1.00. The predicted molar refractivity (Wildman–Crippen MR) is 57.7 cm³/mol. The molecule has 0 radical (unpaired) electrons. The van der Waals surface area contributed by atoms with Gasteiger partial charge in [0.1, 0.15) is 0 Å². The van der Waals surface area contributed by atoms with Crippen LogP contribution in [0.15, 0.2) is 0 Å². The van der Waals surface area contributed by atoms with Crippen LogP contribution in [0.25, 0.3) is 0 Å². The highest BCUT2D eigenvalue weighted by atomic mass is 32.3. The topological polar surface area (TPSA) is 26.0 Å². The summed E-state index contributed by atoms with van der Waals surface area (Å²) in [6.45, 7) is 0. The van der Waals surface area contributed by atoms with Crippen molar-refractivity contribution >= 4 is 10.0 Å². The Hall–Kier alpha value is 0.310. The average molecular weight is 177 g/mol. The summed E-state index contributed by atoms with van der Waals surface area (Å²) in [6.07, 6.45) is 8.76. The fourth-order valence-corrected chi connectivity index (χ4v) is 3.55. The molecule has 0 saturated carbocycles. The standard InChI is InChI=1S/C8H19NS.CH4/c1-10(2)6-3-4-8(9)5-7-10;/h8H,3-7,9H2,1-2H3;1H4. The lowest BCUT2D eigenvalue weighted by atomic mass is 10.1. The smallest absolute Gasteiger partial charge is 0.00464 e. The molecule has 1 atom stereocenters. The molecule has 1 rings (SSSR count). The second-order valence-electron chi connectivity index (χ2n) is 3.87. The molecule has 0 spiro atoms. The lowest BCUT2D eigenvalue weighted by Crippen LogP contribution is -2.19. The van der Waals surface area contributed by atoms with Crippen LogP contribution >= 0.6 is 10.0 Å². The number of hydrogen-bond donors (Lipinski definition) is 1. The Morgan fingerprint density at radius 3 is 2.45 bits per heavy atom. The number of hydrogen-bond acceptors (Lipinski definition) is 1. The van der Waals surface area contributed by atoms with Crippen molar-refractivity contribution < 1.29 is 0 Å². The van der Waals surface area contributed by atoms with Crippen molar-refractivity contribution in [2.75, 3.05) is 24.0 Å². The summed E-state index contributed by atoms with van der Waals surface area (Å²) in [5.74, 6) is 2.84. The molecule has 1 aliphatic heterocycles. The van der Waals surface area contributed by atoms with Gasteiger partial charge in [0.25, 0.3) is 0 Å². The van der Waals surface area contributed by atoms with Crippen LogP contribution < -0.4 is 5.73 Å². The molecule has 70 valence electrons. The van der Waals surface area contributed by atoms with Crippen molar-refractivity contribution in [1.29, 1.82) is 0 Å². The van der Waals surface area contributed by atoms with E-state index in [0.717, 1.165) is 0 Å². The van der Waals surface area contributed by atoms with Gasteiger partial charge in [-0.3, -0.25) is 0 Å². The van der Waals surface area contributed by atoms with Gasteiger partial charge in [-0.25, -0.2) is 10.0 Å². The van der Waals surface area contributed by atoms with Gasteiger partial charge in [0, 0.05) is 6.04 Å². The van der Waals surface area contributed by atoms with E-state index < -0.39 is 0 Å². The van der Waals surface area contributed by atoms with Crippen LogP contribution in [-0.4, -0.2) is 30.1 Å². The van der Waals surface area contributed by atoms with Crippen molar-refractivity contribution in [3.8, 4) is 0 Å². The van der Waals surface area contributed by atoms with E-state index in [1.807, 2.05) is 0 Å². The highest BCUT2D eigenvalue weighted by molar-refractivity contribution is 8.32. The summed E-state index contributed by atoms with van der Waals surface area (Å²) in [7, 11) is -0.232. The van der Waals surface area contributed by atoms with E-state index in [1.54, 1.807) is 0 Å². The summed E-state index contributed by atoms with van der Waals surface area (Å²) in [5.41, 5.74) is 5.87. The van der Waals surface area contributed by atoms with E-state index in [9.17, 15) is 0 Å². The third-order valence-electron chi connectivity index (χ3n) is 2.31. The first-order chi connectivity index (χ1) is 4.60. The summed E-state index contributed by atoms with van der Waals surface area (Å²) in [5, 5.41) is 0. The minimum absolute atomic E-state index is 0. The molecular formula is C9H23NS. The van der Waals surface area contributed by atoms with Gasteiger partial charge < -0.3 is 5.73 Å². The zero-order valence-corrected chi connectivity index (χ0v) is 7.91. The van der Waals surface area contributed by atoms with E-state index >= 15 is 0 Å². The largest absolute Gasteiger partial charge is 0.328 e. The Morgan fingerprint density at radius 1 is 1.18 bits per heavy atom. The molecule has 0 bridgehead atoms. The molecule has 0 amide bonds. The SMILES string of the molecule is C.CS1(C)CCCC(N)CC1. The van der Waals surface area contributed by atoms with Crippen molar-refractivity contribution in [3.63, 3.8) is 0 Å². The maximum Gasteiger partial charge on any atom is 0.00464 e. The van der Waals surface area contributed by atoms with Crippen molar-refractivity contribution in [1.82, 2.24) is 0 Å². The second kappa shape index (κ2) is 4.36. The first-order valence-electron chi connectivity index (χ1n) is 4.04. The number of nitrogens with two attached hydrogens (primary N) is 1. The Kier molecular flexibility index (Phi) is 4.49. The van der Waals surface area contributed by atoms with Gasteiger partial charge in [0.15, 0.2) is 0 Å². The molecule has 1 unspecified atom stereocenters.